The topological polar surface area (TPSA) is 53.9 Å². The van der Waals surface area contributed by atoms with Crippen LogP contribution >= 0.6 is 0 Å². The zero-order valence-electron chi connectivity index (χ0n) is 14.9. The predicted octanol–water partition coefficient (Wildman–Crippen LogP) is 2.91. The van der Waals surface area contributed by atoms with E-state index in [1.165, 1.54) is 11.1 Å². The molecule has 28 heavy (non-hydrogen) atoms. The summed E-state index contributed by atoms with van der Waals surface area (Å²) in [4.78, 5) is 0. The van der Waals surface area contributed by atoms with Crippen LogP contribution in [0.25, 0.3) is 11.1 Å². The molecule has 156 valence electrons. The Morgan fingerprint density at radius 1 is 0.786 bits per heavy atom. The van der Waals surface area contributed by atoms with E-state index in [1.54, 1.807) is 0 Å². The van der Waals surface area contributed by atoms with Gasteiger partial charge >= 0.3 is 21.8 Å². The molecule has 0 unspecified atom stereocenters. The van der Waals surface area contributed by atoms with Crippen LogP contribution in [-0.2, 0) is 23.1 Å². The third-order valence-corrected chi connectivity index (χ3v) is 4.51. The first-order chi connectivity index (χ1) is 12.8. The fraction of sp³-hybridized carbons (Fsp3) is 0.375. The minimum atomic E-state index is -6.33. The summed E-state index contributed by atoms with van der Waals surface area (Å²) in [6, 6.07) is 8.65. The van der Waals surface area contributed by atoms with E-state index in [2.05, 4.69) is 72.0 Å². The molecule has 0 atom stereocenters. The maximum atomic E-state index is 11.2. The van der Waals surface area contributed by atoms with E-state index in [1.807, 2.05) is 0 Å². The van der Waals surface area contributed by atoms with E-state index in [0.29, 0.717) is 0 Å². The highest BCUT2D eigenvalue weighted by molar-refractivity contribution is 7.90. The fourth-order valence-electron chi connectivity index (χ4n) is 1.93. The van der Waals surface area contributed by atoms with E-state index >= 15 is 0 Å². The van der Waals surface area contributed by atoms with Crippen molar-refractivity contribution in [2.24, 2.45) is 0 Å². The SMILES string of the molecule is CC[n+]1ccc(-c2cc[n+](CC)cc2)cc1.O=S(=O)(NC(F)(F)F)C(F)(F)F. The molecule has 0 aliphatic carbocycles. The molecular formula is C16H19F6N3O2S+2. The van der Waals surface area contributed by atoms with Crippen LogP contribution in [0.5, 0.6) is 0 Å². The molecule has 0 spiro atoms. The van der Waals surface area contributed by atoms with Crippen molar-refractivity contribution in [1.82, 2.24) is 4.72 Å². The summed E-state index contributed by atoms with van der Waals surface area (Å²) < 4.78 is 90.2. The molecule has 0 amide bonds. The summed E-state index contributed by atoms with van der Waals surface area (Å²) in [5.74, 6) is 0. The molecule has 0 saturated carbocycles. The molecule has 0 aliphatic rings. The van der Waals surface area contributed by atoms with Crippen molar-refractivity contribution in [3.8, 4) is 11.1 Å². The number of nitrogens with zero attached hydrogens (tertiary/aromatic N) is 2. The van der Waals surface area contributed by atoms with Crippen molar-refractivity contribution in [2.45, 2.75) is 38.7 Å². The van der Waals surface area contributed by atoms with E-state index in [4.69, 9.17) is 0 Å². The zero-order valence-corrected chi connectivity index (χ0v) is 15.7. The first-order valence-corrected chi connectivity index (χ1v) is 9.43. The average Bonchev–Trinajstić information content (AvgIpc) is 2.59. The van der Waals surface area contributed by atoms with Gasteiger partial charge in [-0.15, -0.1) is 4.72 Å². The van der Waals surface area contributed by atoms with Crippen LogP contribution in [0, 0.1) is 0 Å². The van der Waals surface area contributed by atoms with Gasteiger partial charge in [0.2, 0.25) is 0 Å². The third-order valence-electron chi connectivity index (χ3n) is 3.40. The molecule has 0 fully saturated rings. The van der Waals surface area contributed by atoms with Crippen LogP contribution in [0.4, 0.5) is 26.3 Å². The lowest BCUT2D eigenvalue weighted by molar-refractivity contribution is -0.693. The number of pyridine rings is 2. The second-order valence-corrected chi connectivity index (χ2v) is 7.06. The fourth-order valence-corrected chi connectivity index (χ4v) is 2.35. The van der Waals surface area contributed by atoms with Crippen molar-refractivity contribution in [3.63, 3.8) is 0 Å². The molecule has 0 radical (unpaired) electrons. The van der Waals surface area contributed by atoms with Crippen molar-refractivity contribution >= 4 is 10.0 Å². The van der Waals surface area contributed by atoms with Crippen LogP contribution in [0.3, 0.4) is 0 Å². The standard InChI is InChI=1S/C14H18N2.C2HF6NO2S/c1-3-15-9-5-13(6-10-15)14-7-11-16(4-2)12-8-14;3-1(4,5)9-12(10,11)2(6,7)8/h5-12H,3-4H2,1-2H3;9H/q+2;. The maximum absolute atomic E-state index is 11.2. The summed E-state index contributed by atoms with van der Waals surface area (Å²) >= 11 is 0. The number of alkyl halides is 6. The van der Waals surface area contributed by atoms with Crippen LogP contribution < -0.4 is 13.9 Å². The van der Waals surface area contributed by atoms with Crippen molar-refractivity contribution in [1.29, 1.82) is 0 Å². The lowest BCUT2D eigenvalue weighted by atomic mass is 10.1. The Balaban J connectivity index is 0.000000295. The van der Waals surface area contributed by atoms with Gasteiger partial charge in [-0.3, -0.25) is 0 Å². The number of hydrogen-bond acceptors (Lipinski definition) is 2. The van der Waals surface area contributed by atoms with Gasteiger partial charge in [0.05, 0.1) is 0 Å². The number of aromatic nitrogens is 2. The first kappa shape index (κ1) is 23.8. The van der Waals surface area contributed by atoms with Crippen LogP contribution in [0.2, 0.25) is 0 Å². The van der Waals surface area contributed by atoms with Crippen LogP contribution in [-0.4, -0.2) is 20.2 Å². The lowest BCUT2D eigenvalue weighted by Crippen LogP contribution is -2.44. The zero-order chi connectivity index (χ0) is 21.6. The van der Waals surface area contributed by atoms with Gasteiger partial charge < -0.3 is 0 Å². The first-order valence-electron chi connectivity index (χ1n) is 7.94. The highest BCUT2D eigenvalue weighted by atomic mass is 32.2. The molecule has 12 heteroatoms. The van der Waals surface area contributed by atoms with Gasteiger partial charge in [0.1, 0.15) is 13.1 Å². The Labute approximate surface area is 158 Å². The van der Waals surface area contributed by atoms with Gasteiger partial charge in [-0.25, -0.2) is 17.6 Å². The van der Waals surface area contributed by atoms with E-state index in [9.17, 15) is 34.8 Å². The van der Waals surface area contributed by atoms with Crippen molar-refractivity contribution < 1.29 is 43.9 Å². The maximum Gasteiger partial charge on any atom is 0.511 e. The summed E-state index contributed by atoms with van der Waals surface area (Å²) in [6.45, 7) is 6.33. The minimum absolute atomic E-state index is 0.517. The summed E-state index contributed by atoms with van der Waals surface area (Å²) in [7, 11) is -6.33. The van der Waals surface area contributed by atoms with Crippen molar-refractivity contribution in [3.05, 3.63) is 49.1 Å². The van der Waals surface area contributed by atoms with Gasteiger partial charge in [-0.2, -0.15) is 26.3 Å². The summed E-state index contributed by atoms with van der Waals surface area (Å²) in [5, 5.41) is 0. The van der Waals surface area contributed by atoms with Gasteiger partial charge in [-0.05, 0) is 25.0 Å². The number of rotatable bonds is 4. The monoisotopic (exact) mass is 431 g/mol. The number of nitrogens with one attached hydrogen (secondary N) is 1. The molecule has 0 saturated heterocycles. The molecule has 2 aromatic heterocycles. The van der Waals surface area contributed by atoms with Gasteiger partial charge in [0, 0.05) is 24.3 Å². The molecule has 5 nitrogen and oxygen atoms in total. The normalized spacial score (nSPS) is 12.3. The van der Waals surface area contributed by atoms with Gasteiger partial charge in [0.15, 0.2) is 24.8 Å². The Hall–Kier alpha value is -2.21. The second-order valence-electron chi connectivity index (χ2n) is 5.38. The molecule has 2 aromatic rings. The smallest absolute Gasteiger partial charge is 0.205 e. The number of sulfonamides is 1. The molecular weight excluding hydrogens is 412 g/mol. The molecule has 0 aliphatic heterocycles. The Bertz CT molecular complexity index is 802. The van der Waals surface area contributed by atoms with Crippen LogP contribution in [0.1, 0.15) is 13.8 Å². The Morgan fingerprint density at radius 3 is 1.29 bits per heavy atom. The Morgan fingerprint density at radius 2 is 1.11 bits per heavy atom. The van der Waals surface area contributed by atoms with Gasteiger partial charge in [-0.1, -0.05) is 0 Å². The highest BCUT2D eigenvalue weighted by Crippen LogP contribution is 2.25. The molecule has 0 bridgehead atoms. The summed E-state index contributed by atoms with van der Waals surface area (Å²) in [6.07, 6.45) is 2.87. The quantitative estimate of drug-likeness (QED) is 0.460. The van der Waals surface area contributed by atoms with E-state index in [0.717, 1.165) is 13.1 Å². The summed E-state index contributed by atoms with van der Waals surface area (Å²) in [5.41, 5.74) is -3.41. The Kier molecular flexibility index (Phi) is 7.94. The molecule has 2 heterocycles. The van der Waals surface area contributed by atoms with Crippen LogP contribution in [0.15, 0.2) is 49.1 Å². The highest BCUT2D eigenvalue weighted by Gasteiger charge is 2.51. The van der Waals surface area contributed by atoms with Crippen molar-refractivity contribution in [2.75, 3.05) is 0 Å². The van der Waals surface area contributed by atoms with Gasteiger partial charge in [0.25, 0.3) is 0 Å². The molecule has 2 rings (SSSR count). The second kappa shape index (κ2) is 9.32. The average molecular weight is 431 g/mol. The predicted molar refractivity (Wildman–Crippen MR) is 87.8 cm³/mol. The largest absolute Gasteiger partial charge is 0.511 e. The minimum Gasteiger partial charge on any atom is -0.205 e. The van der Waals surface area contributed by atoms with E-state index in [-0.39, 0.29) is 0 Å². The molecule has 0 aromatic carbocycles. The number of aryl methyl sites for hydroxylation is 2. The lowest BCUT2D eigenvalue weighted by Gasteiger charge is -2.10. The number of hydrogen-bond donors (Lipinski definition) is 1. The number of halogens is 6. The third kappa shape index (κ3) is 7.43. The molecule has 1 N–H and O–H groups in total. The van der Waals surface area contributed by atoms with E-state index < -0.39 is 26.6 Å².